The highest BCUT2D eigenvalue weighted by Gasteiger charge is 2.19. The maximum Gasteiger partial charge on any atom is 0.243 e. The Morgan fingerprint density at radius 2 is 2.50 bits per heavy atom. The van der Waals surface area contributed by atoms with E-state index in [0.29, 0.717) is 5.13 Å². The van der Waals surface area contributed by atoms with Gasteiger partial charge in [0.25, 0.3) is 0 Å². The zero-order valence-corrected chi connectivity index (χ0v) is 9.04. The van der Waals surface area contributed by atoms with Crippen molar-refractivity contribution in [2.45, 2.75) is 26.3 Å². The molecule has 0 radical (unpaired) electrons. The Hall–Kier alpha value is -1.01. The minimum absolute atomic E-state index is 0.169. The van der Waals surface area contributed by atoms with E-state index >= 15 is 0 Å². The lowest BCUT2D eigenvalue weighted by molar-refractivity contribution is -0.118. The molecule has 14 heavy (non-hydrogen) atoms. The number of hydrogen-bond acceptors (Lipinski definition) is 5. The number of carbonyl (C=O) groups excluding carboxylic acids is 1. The van der Waals surface area contributed by atoms with E-state index in [1.54, 1.807) is 5.51 Å². The summed E-state index contributed by atoms with van der Waals surface area (Å²) in [5, 5.41) is 10.4. The lowest BCUT2D eigenvalue weighted by atomic mass is 10.00. The lowest BCUT2D eigenvalue weighted by Crippen LogP contribution is -2.40. The maximum atomic E-state index is 11.5. The number of anilines is 1. The van der Waals surface area contributed by atoms with Gasteiger partial charge in [-0.15, -0.1) is 10.2 Å². The second kappa shape index (κ2) is 5.02. The molecule has 2 unspecified atom stereocenters. The molecule has 0 aliphatic rings. The first-order chi connectivity index (χ1) is 6.65. The Morgan fingerprint density at radius 1 is 1.79 bits per heavy atom. The SMILES string of the molecule is CCC(C)C(N)C(=O)Nc1nncs1. The molecule has 0 aliphatic heterocycles. The average Bonchev–Trinajstić information content (AvgIpc) is 2.68. The second-order valence-electron chi connectivity index (χ2n) is 3.14. The van der Waals surface area contributed by atoms with Crippen molar-refractivity contribution < 1.29 is 4.79 Å². The molecule has 0 spiro atoms. The van der Waals surface area contributed by atoms with E-state index in [1.165, 1.54) is 11.3 Å². The molecule has 5 nitrogen and oxygen atoms in total. The normalized spacial score (nSPS) is 14.8. The van der Waals surface area contributed by atoms with E-state index in [4.69, 9.17) is 5.73 Å². The maximum absolute atomic E-state index is 11.5. The highest BCUT2D eigenvalue weighted by Crippen LogP contribution is 2.11. The minimum Gasteiger partial charge on any atom is -0.320 e. The fraction of sp³-hybridized carbons (Fsp3) is 0.625. The van der Waals surface area contributed by atoms with Crippen LogP contribution in [0.1, 0.15) is 20.3 Å². The molecule has 1 amide bonds. The average molecular weight is 214 g/mol. The topological polar surface area (TPSA) is 80.9 Å². The molecule has 0 saturated heterocycles. The summed E-state index contributed by atoms with van der Waals surface area (Å²) in [6.45, 7) is 3.95. The molecule has 0 aromatic carbocycles. The summed E-state index contributed by atoms with van der Waals surface area (Å²) in [4.78, 5) is 11.5. The molecular weight excluding hydrogens is 200 g/mol. The Bertz CT molecular complexity index is 288. The smallest absolute Gasteiger partial charge is 0.243 e. The Balaban J connectivity index is 2.50. The Kier molecular flexibility index (Phi) is 3.97. The van der Waals surface area contributed by atoms with E-state index in [0.717, 1.165) is 6.42 Å². The van der Waals surface area contributed by atoms with Gasteiger partial charge >= 0.3 is 0 Å². The fourth-order valence-corrected chi connectivity index (χ4v) is 1.38. The van der Waals surface area contributed by atoms with E-state index in [1.807, 2.05) is 13.8 Å². The summed E-state index contributed by atoms with van der Waals surface area (Å²) in [5.41, 5.74) is 7.29. The van der Waals surface area contributed by atoms with Crippen LogP contribution >= 0.6 is 11.3 Å². The predicted octanol–water partition coefficient (Wildman–Crippen LogP) is 0.850. The number of nitrogens with two attached hydrogens (primary N) is 1. The highest BCUT2D eigenvalue weighted by atomic mass is 32.1. The number of nitrogens with one attached hydrogen (secondary N) is 1. The van der Waals surface area contributed by atoms with Gasteiger partial charge in [-0.2, -0.15) is 0 Å². The van der Waals surface area contributed by atoms with Gasteiger partial charge in [-0.3, -0.25) is 10.1 Å². The van der Waals surface area contributed by atoms with Gasteiger partial charge in [-0.25, -0.2) is 0 Å². The van der Waals surface area contributed by atoms with Crippen LogP contribution in [0.5, 0.6) is 0 Å². The molecule has 2 atom stereocenters. The predicted molar refractivity (Wildman–Crippen MR) is 56.0 cm³/mol. The number of rotatable bonds is 4. The molecule has 0 saturated carbocycles. The molecule has 0 bridgehead atoms. The van der Waals surface area contributed by atoms with E-state index in [-0.39, 0.29) is 11.8 Å². The highest BCUT2D eigenvalue weighted by molar-refractivity contribution is 7.13. The second-order valence-corrected chi connectivity index (χ2v) is 3.98. The fourth-order valence-electron chi connectivity index (χ4n) is 0.929. The van der Waals surface area contributed by atoms with E-state index in [9.17, 15) is 4.79 Å². The first kappa shape index (κ1) is 11.1. The third kappa shape index (κ3) is 2.74. The largest absolute Gasteiger partial charge is 0.320 e. The first-order valence-corrected chi connectivity index (χ1v) is 5.35. The zero-order chi connectivity index (χ0) is 10.6. The van der Waals surface area contributed by atoms with Gasteiger partial charge in [0.15, 0.2) is 0 Å². The van der Waals surface area contributed by atoms with Gasteiger partial charge in [0.1, 0.15) is 5.51 Å². The van der Waals surface area contributed by atoms with Crippen molar-refractivity contribution in [1.29, 1.82) is 0 Å². The van der Waals surface area contributed by atoms with E-state index in [2.05, 4.69) is 15.5 Å². The Labute approximate surface area is 86.7 Å². The van der Waals surface area contributed by atoms with Crippen molar-refractivity contribution >= 4 is 22.4 Å². The number of hydrogen-bond donors (Lipinski definition) is 2. The van der Waals surface area contributed by atoms with Gasteiger partial charge < -0.3 is 5.73 Å². The zero-order valence-electron chi connectivity index (χ0n) is 8.23. The van der Waals surface area contributed by atoms with Crippen LogP contribution in [0, 0.1) is 5.92 Å². The van der Waals surface area contributed by atoms with Crippen molar-refractivity contribution in [2.75, 3.05) is 5.32 Å². The summed E-state index contributed by atoms with van der Waals surface area (Å²) < 4.78 is 0. The summed E-state index contributed by atoms with van der Waals surface area (Å²) in [7, 11) is 0. The molecule has 1 aromatic rings. The van der Waals surface area contributed by atoms with Crippen molar-refractivity contribution in [3.63, 3.8) is 0 Å². The third-order valence-electron chi connectivity index (χ3n) is 2.15. The van der Waals surface area contributed by atoms with Gasteiger partial charge in [0.05, 0.1) is 6.04 Å². The molecule has 78 valence electrons. The van der Waals surface area contributed by atoms with Gasteiger partial charge in [0.2, 0.25) is 11.0 Å². The molecule has 1 aromatic heterocycles. The number of carbonyl (C=O) groups is 1. The summed E-state index contributed by atoms with van der Waals surface area (Å²) in [6.07, 6.45) is 0.880. The molecular formula is C8H14N4OS. The molecule has 3 N–H and O–H groups in total. The standard InChI is InChI=1S/C8H14N4OS/c1-3-5(2)6(9)7(13)11-8-12-10-4-14-8/h4-6H,3,9H2,1-2H3,(H,11,12,13). The number of aromatic nitrogens is 2. The minimum atomic E-state index is -0.483. The third-order valence-corrected chi connectivity index (χ3v) is 2.76. The van der Waals surface area contributed by atoms with Crippen LogP contribution in [0.3, 0.4) is 0 Å². The van der Waals surface area contributed by atoms with Gasteiger partial charge in [-0.1, -0.05) is 31.6 Å². The molecule has 1 rings (SSSR count). The van der Waals surface area contributed by atoms with Crippen molar-refractivity contribution in [3.05, 3.63) is 5.51 Å². The molecule has 6 heteroatoms. The van der Waals surface area contributed by atoms with Crippen LogP contribution in [0.15, 0.2) is 5.51 Å². The van der Waals surface area contributed by atoms with Crippen LogP contribution < -0.4 is 11.1 Å². The van der Waals surface area contributed by atoms with Crippen molar-refractivity contribution in [1.82, 2.24) is 10.2 Å². The first-order valence-electron chi connectivity index (χ1n) is 4.47. The molecule has 0 fully saturated rings. The van der Waals surface area contributed by atoms with Crippen LogP contribution in [0.2, 0.25) is 0 Å². The van der Waals surface area contributed by atoms with E-state index < -0.39 is 6.04 Å². The van der Waals surface area contributed by atoms with Crippen LogP contribution in [0.25, 0.3) is 0 Å². The van der Waals surface area contributed by atoms with Crippen molar-refractivity contribution in [2.24, 2.45) is 11.7 Å². The quantitative estimate of drug-likeness (QED) is 0.778. The summed E-state index contributed by atoms with van der Waals surface area (Å²) in [5.74, 6) is -0.0287. The van der Waals surface area contributed by atoms with Crippen LogP contribution in [-0.4, -0.2) is 22.1 Å². The number of nitrogens with zero attached hydrogens (tertiary/aromatic N) is 2. The molecule has 0 aliphatic carbocycles. The van der Waals surface area contributed by atoms with Crippen molar-refractivity contribution in [3.8, 4) is 0 Å². The summed E-state index contributed by atoms with van der Waals surface area (Å²) in [6, 6.07) is -0.483. The monoisotopic (exact) mass is 214 g/mol. The Morgan fingerprint density at radius 3 is 3.00 bits per heavy atom. The number of amides is 1. The van der Waals surface area contributed by atoms with Crippen LogP contribution in [-0.2, 0) is 4.79 Å². The lowest BCUT2D eigenvalue weighted by Gasteiger charge is -2.16. The molecule has 1 heterocycles. The van der Waals surface area contributed by atoms with Gasteiger partial charge in [0, 0.05) is 0 Å². The summed E-state index contributed by atoms with van der Waals surface area (Å²) >= 11 is 1.28. The van der Waals surface area contributed by atoms with Crippen LogP contribution in [0.4, 0.5) is 5.13 Å². The van der Waals surface area contributed by atoms with Gasteiger partial charge in [-0.05, 0) is 5.92 Å².